The van der Waals surface area contributed by atoms with Gasteiger partial charge in [0.1, 0.15) is 5.76 Å². The number of hydrogen-bond acceptors (Lipinski definition) is 4. The molecule has 0 amide bonds. The first kappa shape index (κ1) is 12.0. The summed E-state index contributed by atoms with van der Waals surface area (Å²) >= 11 is 0. The van der Waals surface area contributed by atoms with Crippen LogP contribution in [0.4, 0.5) is 0 Å². The molecule has 1 heterocycles. The monoisotopic (exact) mass is 253 g/mol. The predicted molar refractivity (Wildman–Crippen MR) is 64.6 cm³/mol. The summed E-state index contributed by atoms with van der Waals surface area (Å²) in [7, 11) is -3.58. The number of ether oxygens (including phenoxy) is 1. The first-order chi connectivity index (χ1) is 7.87. The number of allylic oxidation sites excluding steroid dienone is 2. The summed E-state index contributed by atoms with van der Waals surface area (Å²) in [5, 5.41) is 1.47. The van der Waals surface area contributed by atoms with Gasteiger partial charge in [-0.05, 0) is 26.0 Å². The molecule has 17 heavy (non-hydrogen) atoms. The van der Waals surface area contributed by atoms with E-state index in [1.54, 1.807) is 44.2 Å². The van der Waals surface area contributed by atoms with Crippen molar-refractivity contribution in [3.63, 3.8) is 0 Å². The summed E-state index contributed by atoms with van der Waals surface area (Å²) in [5.74, 6) is 0.604. The van der Waals surface area contributed by atoms with Gasteiger partial charge in [0.25, 0.3) is 5.06 Å². The van der Waals surface area contributed by atoms with E-state index in [-0.39, 0.29) is 4.90 Å². The van der Waals surface area contributed by atoms with Crippen LogP contribution in [0.2, 0.25) is 0 Å². The maximum atomic E-state index is 12.4. The van der Waals surface area contributed by atoms with Gasteiger partial charge in [-0.25, -0.2) is 8.42 Å². The Hall–Kier alpha value is -1.49. The highest BCUT2D eigenvalue weighted by Gasteiger charge is 2.46. The molecule has 2 rings (SSSR count). The van der Waals surface area contributed by atoms with Crippen molar-refractivity contribution in [2.75, 3.05) is 0 Å². The van der Waals surface area contributed by atoms with Gasteiger partial charge in [0.2, 0.25) is 9.84 Å². The van der Waals surface area contributed by atoms with Gasteiger partial charge >= 0.3 is 0 Å². The van der Waals surface area contributed by atoms with E-state index in [4.69, 9.17) is 4.74 Å². The van der Waals surface area contributed by atoms with Crippen LogP contribution in [-0.2, 0) is 14.6 Å². The van der Waals surface area contributed by atoms with Gasteiger partial charge in [0, 0.05) is 12.6 Å². The van der Waals surface area contributed by atoms with E-state index in [2.05, 4.69) is 5.32 Å². The van der Waals surface area contributed by atoms with Gasteiger partial charge < -0.3 is 10.1 Å². The zero-order chi connectivity index (χ0) is 12.7. The summed E-state index contributed by atoms with van der Waals surface area (Å²) in [5.41, 5.74) is 0.743. The van der Waals surface area contributed by atoms with E-state index in [1.807, 2.05) is 0 Å². The SMILES string of the molecule is CC1=C(C)OC(C)(S(=O)(=O)c2ccccc2)N1. The Morgan fingerprint density at radius 2 is 1.76 bits per heavy atom. The van der Waals surface area contributed by atoms with Crippen LogP contribution >= 0.6 is 0 Å². The van der Waals surface area contributed by atoms with Crippen LogP contribution in [0.15, 0.2) is 46.7 Å². The molecular weight excluding hydrogens is 238 g/mol. The molecule has 0 saturated carbocycles. The number of rotatable bonds is 2. The highest BCUT2D eigenvalue weighted by Crippen LogP contribution is 2.32. The summed E-state index contributed by atoms with van der Waals surface area (Å²) < 4.78 is 30.3. The third-order valence-corrected chi connectivity index (χ3v) is 4.96. The number of nitrogens with one attached hydrogen (secondary N) is 1. The maximum Gasteiger partial charge on any atom is 0.284 e. The van der Waals surface area contributed by atoms with Crippen molar-refractivity contribution in [3.8, 4) is 0 Å². The molecule has 1 N–H and O–H groups in total. The lowest BCUT2D eigenvalue weighted by atomic mass is 10.4. The summed E-state index contributed by atoms with van der Waals surface area (Å²) in [4.78, 5) is 0.248. The van der Waals surface area contributed by atoms with E-state index in [0.717, 1.165) is 5.70 Å². The van der Waals surface area contributed by atoms with Crippen molar-refractivity contribution in [3.05, 3.63) is 41.8 Å². The Labute approximate surface area is 101 Å². The van der Waals surface area contributed by atoms with Gasteiger partial charge in [-0.1, -0.05) is 18.2 Å². The lowest BCUT2D eigenvalue weighted by Crippen LogP contribution is -2.46. The van der Waals surface area contributed by atoms with Crippen LogP contribution < -0.4 is 5.32 Å². The molecule has 0 saturated heterocycles. The molecule has 1 unspecified atom stereocenters. The van der Waals surface area contributed by atoms with E-state index >= 15 is 0 Å². The van der Waals surface area contributed by atoms with E-state index in [0.29, 0.717) is 5.76 Å². The zero-order valence-corrected chi connectivity index (χ0v) is 10.8. The van der Waals surface area contributed by atoms with Crippen molar-refractivity contribution in [1.29, 1.82) is 0 Å². The fourth-order valence-corrected chi connectivity index (χ4v) is 3.26. The van der Waals surface area contributed by atoms with Crippen molar-refractivity contribution in [2.45, 2.75) is 30.7 Å². The van der Waals surface area contributed by atoms with Crippen LogP contribution in [-0.4, -0.2) is 13.5 Å². The van der Waals surface area contributed by atoms with Gasteiger partial charge in [0.15, 0.2) is 0 Å². The smallest absolute Gasteiger partial charge is 0.284 e. The Bertz CT molecular complexity index is 547. The molecule has 5 heteroatoms. The molecule has 1 aromatic rings. The minimum atomic E-state index is -3.58. The lowest BCUT2D eigenvalue weighted by molar-refractivity contribution is 0.102. The molecular formula is C12H15NO3S. The maximum absolute atomic E-state index is 12.4. The Kier molecular flexibility index (Phi) is 2.66. The van der Waals surface area contributed by atoms with Crippen molar-refractivity contribution in [2.24, 2.45) is 0 Å². The lowest BCUT2D eigenvalue weighted by Gasteiger charge is -2.25. The topological polar surface area (TPSA) is 55.4 Å². The summed E-state index contributed by atoms with van der Waals surface area (Å²) in [6, 6.07) is 8.29. The van der Waals surface area contributed by atoms with Crippen LogP contribution in [0.3, 0.4) is 0 Å². The van der Waals surface area contributed by atoms with Gasteiger partial charge in [-0.2, -0.15) is 0 Å². The minimum Gasteiger partial charge on any atom is -0.456 e. The average molecular weight is 253 g/mol. The Morgan fingerprint density at radius 1 is 1.18 bits per heavy atom. The van der Waals surface area contributed by atoms with Gasteiger partial charge in [-0.3, -0.25) is 0 Å². The van der Waals surface area contributed by atoms with E-state index < -0.39 is 14.9 Å². The Balaban J connectivity index is 2.43. The molecule has 0 radical (unpaired) electrons. The summed E-state index contributed by atoms with van der Waals surface area (Å²) in [6.07, 6.45) is 0. The molecule has 1 aliphatic heterocycles. The number of benzene rings is 1. The zero-order valence-electron chi connectivity index (χ0n) is 10.0. The molecule has 0 aliphatic carbocycles. The van der Waals surface area contributed by atoms with Crippen molar-refractivity contribution >= 4 is 9.84 Å². The average Bonchev–Trinajstić information content (AvgIpc) is 2.55. The molecule has 0 spiro atoms. The van der Waals surface area contributed by atoms with E-state index in [9.17, 15) is 8.42 Å². The van der Waals surface area contributed by atoms with Gasteiger partial charge in [-0.15, -0.1) is 0 Å². The quantitative estimate of drug-likeness (QED) is 0.876. The first-order valence-corrected chi connectivity index (χ1v) is 6.79. The van der Waals surface area contributed by atoms with Crippen LogP contribution in [0.5, 0.6) is 0 Å². The first-order valence-electron chi connectivity index (χ1n) is 5.31. The molecule has 1 aromatic carbocycles. The molecule has 0 bridgehead atoms. The molecule has 1 aliphatic rings. The van der Waals surface area contributed by atoms with Crippen LogP contribution in [0.1, 0.15) is 20.8 Å². The summed E-state index contributed by atoms with van der Waals surface area (Å²) in [6.45, 7) is 5.06. The number of sulfone groups is 1. The van der Waals surface area contributed by atoms with Gasteiger partial charge in [0.05, 0.1) is 4.90 Å². The highest BCUT2D eigenvalue weighted by molar-refractivity contribution is 7.92. The largest absolute Gasteiger partial charge is 0.456 e. The van der Waals surface area contributed by atoms with E-state index in [1.165, 1.54) is 6.92 Å². The van der Waals surface area contributed by atoms with Crippen LogP contribution in [0.25, 0.3) is 0 Å². The third kappa shape index (κ3) is 1.80. The second kappa shape index (κ2) is 3.77. The molecule has 0 fully saturated rings. The minimum absolute atomic E-state index is 0.248. The highest BCUT2D eigenvalue weighted by atomic mass is 32.2. The molecule has 0 aromatic heterocycles. The van der Waals surface area contributed by atoms with Crippen molar-refractivity contribution in [1.82, 2.24) is 5.32 Å². The van der Waals surface area contributed by atoms with Crippen molar-refractivity contribution < 1.29 is 13.2 Å². The predicted octanol–water partition coefficient (Wildman–Crippen LogP) is 2.01. The second-order valence-corrected chi connectivity index (χ2v) is 6.43. The molecule has 92 valence electrons. The third-order valence-electron chi connectivity index (χ3n) is 2.86. The number of hydrogen-bond donors (Lipinski definition) is 1. The fraction of sp³-hybridized carbons (Fsp3) is 0.333. The standard InChI is InChI=1S/C12H15NO3S/c1-9-10(2)16-12(3,13-9)17(14,15)11-7-5-4-6-8-11/h4-8,13H,1-3H3. The Morgan fingerprint density at radius 3 is 2.24 bits per heavy atom. The van der Waals surface area contributed by atoms with Crippen LogP contribution in [0, 0.1) is 0 Å². The second-order valence-electron chi connectivity index (χ2n) is 4.17. The normalized spacial score (nSPS) is 24.4. The molecule has 4 nitrogen and oxygen atoms in total. The fourth-order valence-electron chi connectivity index (χ4n) is 1.77. The molecule has 1 atom stereocenters.